The summed E-state index contributed by atoms with van der Waals surface area (Å²) in [5.74, 6) is -0.329. The molecule has 1 amide bonds. The van der Waals surface area contributed by atoms with Gasteiger partial charge in [-0.3, -0.25) is 19.6 Å². The van der Waals surface area contributed by atoms with Gasteiger partial charge in [0.2, 0.25) is 0 Å². The second-order valence-electron chi connectivity index (χ2n) is 4.96. The SMILES string of the molecule is CCn1ncc(CNC(=O)c2cccc([N+](=O)[O-])c2C)c1C. The molecule has 0 aliphatic heterocycles. The predicted molar refractivity (Wildman–Crippen MR) is 81.6 cm³/mol. The van der Waals surface area contributed by atoms with Crippen molar-refractivity contribution in [1.82, 2.24) is 15.1 Å². The van der Waals surface area contributed by atoms with E-state index in [1.165, 1.54) is 12.1 Å². The van der Waals surface area contributed by atoms with Gasteiger partial charge in [-0.1, -0.05) is 6.07 Å². The highest BCUT2D eigenvalue weighted by Gasteiger charge is 2.18. The molecule has 0 radical (unpaired) electrons. The number of nitrogens with one attached hydrogen (secondary N) is 1. The van der Waals surface area contributed by atoms with Crippen molar-refractivity contribution < 1.29 is 9.72 Å². The van der Waals surface area contributed by atoms with Crippen molar-refractivity contribution in [3.8, 4) is 0 Å². The van der Waals surface area contributed by atoms with E-state index in [0.717, 1.165) is 17.8 Å². The third-order valence-electron chi connectivity index (χ3n) is 3.69. The monoisotopic (exact) mass is 302 g/mol. The van der Waals surface area contributed by atoms with Crippen LogP contribution in [0.25, 0.3) is 0 Å². The molecule has 0 bridgehead atoms. The number of amides is 1. The van der Waals surface area contributed by atoms with Gasteiger partial charge in [0.1, 0.15) is 0 Å². The minimum Gasteiger partial charge on any atom is -0.348 e. The Bertz CT molecular complexity index is 722. The third-order valence-corrected chi connectivity index (χ3v) is 3.69. The Labute approximate surface area is 128 Å². The van der Waals surface area contributed by atoms with Crippen LogP contribution in [0.1, 0.15) is 34.1 Å². The number of hydrogen-bond donors (Lipinski definition) is 1. The van der Waals surface area contributed by atoms with Gasteiger partial charge in [-0.25, -0.2) is 0 Å². The van der Waals surface area contributed by atoms with Gasteiger partial charge in [0.15, 0.2) is 0 Å². The molecule has 0 saturated heterocycles. The number of carbonyl (C=O) groups is 1. The summed E-state index contributed by atoms with van der Waals surface area (Å²) < 4.78 is 1.85. The van der Waals surface area contributed by atoms with Crippen LogP contribution in [-0.4, -0.2) is 20.6 Å². The zero-order valence-electron chi connectivity index (χ0n) is 12.8. The first kappa shape index (κ1) is 15.7. The number of nitro benzene ring substituents is 1. The number of carbonyl (C=O) groups excluding carboxylic acids is 1. The summed E-state index contributed by atoms with van der Waals surface area (Å²) in [6.07, 6.45) is 1.72. The van der Waals surface area contributed by atoms with Crippen LogP contribution < -0.4 is 5.32 Å². The summed E-state index contributed by atoms with van der Waals surface area (Å²) in [7, 11) is 0. The van der Waals surface area contributed by atoms with E-state index >= 15 is 0 Å². The van der Waals surface area contributed by atoms with Crippen molar-refractivity contribution in [3.63, 3.8) is 0 Å². The molecule has 2 rings (SSSR count). The van der Waals surface area contributed by atoms with Gasteiger partial charge in [-0.15, -0.1) is 0 Å². The van der Waals surface area contributed by atoms with Crippen LogP contribution in [0.5, 0.6) is 0 Å². The molecule has 2 aromatic rings. The van der Waals surface area contributed by atoms with Gasteiger partial charge in [0, 0.05) is 41.5 Å². The molecule has 0 spiro atoms. The molecule has 7 heteroatoms. The molecular weight excluding hydrogens is 284 g/mol. The summed E-state index contributed by atoms with van der Waals surface area (Å²) in [5.41, 5.74) is 2.56. The molecule has 0 fully saturated rings. The molecule has 1 aromatic carbocycles. The molecule has 0 aliphatic rings. The van der Waals surface area contributed by atoms with E-state index < -0.39 is 4.92 Å². The van der Waals surface area contributed by atoms with Crippen LogP contribution in [0.2, 0.25) is 0 Å². The lowest BCUT2D eigenvalue weighted by atomic mass is 10.1. The maximum Gasteiger partial charge on any atom is 0.273 e. The van der Waals surface area contributed by atoms with Crippen LogP contribution in [0.3, 0.4) is 0 Å². The van der Waals surface area contributed by atoms with Crippen molar-refractivity contribution in [2.75, 3.05) is 0 Å². The zero-order valence-corrected chi connectivity index (χ0v) is 12.8. The third kappa shape index (κ3) is 2.98. The van der Waals surface area contributed by atoms with Crippen LogP contribution in [0.15, 0.2) is 24.4 Å². The van der Waals surface area contributed by atoms with Crippen molar-refractivity contribution >= 4 is 11.6 Å². The number of hydrogen-bond acceptors (Lipinski definition) is 4. The molecule has 1 aromatic heterocycles. The summed E-state index contributed by atoms with van der Waals surface area (Å²) in [4.78, 5) is 22.7. The van der Waals surface area contributed by atoms with Crippen LogP contribution in [0.4, 0.5) is 5.69 Å². The van der Waals surface area contributed by atoms with E-state index in [1.807, 2.05) is 18.5 Å². The molecule has 0 unspecified atom stereocenters. The first-order valence-electron chi connectivity index (χ1n) is 6.99. The number of nitro groups is 1. The first-order chi connectivity index (χ1) is 10.5. The fraction of sp³-hybridized carbons (Fsp3) is 0.333. The Morgan fingerprint density at radius 2 is 2.14 bits per heavy atom. The highest BCUT2D eigenvalue weighted by atomic mass is 16.6. The molecule has 0 saturated carbocycles. The highest BCUT2D eigenvalue weighted by molar-refractivity contribution is 5.96. The van der Waals surface area contributed by atoms with E-state index in [4.69, 9.17) is 0 Å². The second kappa shape index (κ2) is 6.38. The predicted octanol–water partition coefficient (Wildman–Crippen LogP) is 2.36. The largest absolute Gasteiger partial charge is 0.348 e. The number of rotatable bonds is 5. The van der Waals surface area contributed by atoms with E-state index in [2.05, 4.69) is 10.4 Å². The molecule has 0 atom stereocenters. The minimum atomic E-state index is -0.485. The van der Waals surface area contributed by atoms with Crippen molar-refractivity contribution in [2.24, 2.45) is 0 Å². The highest BCUT2D eigenvalue weighted by Crippen LogP contribution is 2.21. The van der Waals surface area contributed by atoms with Crippen LogP contribution in [0, 0.1) is 24.0 Å². The average molecular weight is 302 g/mol. The van der Waals surface area contributed by atoms with E-state index in [-0.39, 0.29) is 11.6 Å². The topological polar surface area (TPSA) is 90.1 Å². The Kier molecular flexibility index (Phi) is 4.55. The van der Waals surface area contributed by atoms with Gasteiger partial charge in [-0.05, 0) is 26.8 Å². The maximum atomic E-state index is 12.2. The Hall–Kier alpha value is -2.70. The molecule has 1 heterocycles. The molecule has 7 nitrogen and oxygen atoms in total. The van der Waals surface area contributed by atoms with Gasteiger partial charge in [0.05, 0.1) is 11.1 Å². The molecular formula is C15H18N4O3. The van der Waals surface area contributed by atoms with Crippen molar-refractivity contribution in [3.05, 3.63) is 56.9 Å². The lowest BCUT2D eigenvalue weighted by Gasteiger charge is -2.08. The van der Waals surface area contributed by atoms with Crippen LogP contribution >= 0.6 is 0 Å². The Morgan fingerprint density at radius 1 is 1.41 bits per heavy atom. The smallest absolute Gasteiger partial charge is 0.273 e. The molecule has 116 valence electrons. The summed E-state index contributed by atoms with van der Waals surface area (Å²) in [5, 5.41) is 17.9. The number of nitrogens with zero attached hydrogens (tertiary/aromatic N) is 3. The number of aromatic nitrogens is 2. The fourth-order valence-corrected chi connectivity index (χ4v) is 2.32. The lowest BCUT2D eigenvalue weighted by Crippen LogP contribution is -2.24. The first-order valence-corrected chi connectivity index (χ1v) is 6.99. The van der Waals surface area contributed by atoms with Gasteiger partial charge < -0.3 is 5.32 Å². The van der Waals surface area contributed by atoms with E-state index in [1.54, 1.807) is 19.2 Å². The summed E-state index contributed by atoms with van der Waals surface area (Å²) >= 11 is 0. The normalized spacial score (nSPS) is 10.5. The average Bonchev–Trinajstić information content (AvgIpc) is 2.85. The number of benzene rings is 1. The molecule has 1 N–H and O–H groups in total. The van der Waals surface area contributed by atoms with E-state index in [9.17, 15) is 14.9 Å². The molecule has 0 aliphatic carbocycles. The molecule has 22 heavy (non-hydrogen) atoms. The fourth-order valence-electron chi connectivity index (χ4n) is 2.32. The van der Waals surface area contributed by atoms with Gasteiger partial charge >= 0.3 is 0 Å². The minimum absolute atomic E-state index is 0.0531. The summed E-state index contributed by atoms with van der Waals surface area (Å²) in [6.45, 7) is 6.62. The standard InChI is InChI=1S/C15H18N4O3/c1-4-18-11(3)12(9-17-18)8-16-15(20)13-6-5-7-14(10(13)2)19(21)22/h5-7,9H,4,8H2,1-3H3,(H,16,20). The Balaban J connectivity index is 2.14. The quantitative estimate of drug-likeness (QED) is 0.678. The van der Waals surface area contributed by atoms with Crippen molar-refractivity contribution in [1.29, 1.82) is 0 Å². The van der Waals surface area contributed by atoms with Gasteiger partial charge in [0.25, 0.3) is 11.6 Å². The van der Waals surface area contributed by atoms with Crippen LogP contribution in [-0.2, 0) is 13.1 Å². The van der Waals surface area contributed by atoms with E-state index in [0.29, 0.717) is 17.7 Å². The maximum absolute atomic E-state index is 12.2. The lowest BCUT2D eigenvalue weighted by molar-refractivity contribution is -0.385. The van der Waals surface area contributed by atoms with Gasteiger partial charge in [-0.2, -0.15) is 5.10 Å². The number of aryl methyl sites for hydroxylation is 1. The second-order valence-corrected chi connectivity index (χ2v) is 4.96. The zero-order chi connectivity index (χ0) is 16.3. The summed E-state index contributed by atoms with van der Waals surface area (Å²) in [6, 6.07) is 4.49. The Morgan fingerprint density at radius 3 is 2.73 bits per heavy atom. The van der Waals surface area contributed by atoms with Crippen molar-refractivity contribution in [2.45, 2.75) is 33.9 Å².